The third-order valence-electron chi connectivity index (χ3n) is 2.47. The summed E-state index contributed by atoms with van der Waals surface area (Å²) in [5.74, 6) is -0.256. The van der Waals surface area contributed by atoms with Crippen LogP contribution in [0.1, 0.15) is 19.8 Å². The Morgan fingerprint density at radius 3 is 2.60 bits per heavy atom. The number of benzene rings is 1. The zero-order valence-corrected chi connectivity index (χ0v) is 12.3. The summed E-state index contributed by atoms with van der Waals surface area (Å²) in [5.41, 5.74) is 0. The van der Waals surface area contributed by atoms with Crippen LogP contribution in [0.4, 0.5) is 0 Å². The maximum atomic E-state index is 11.9. The fourth-order valence-electron chi connectivity index (χ4n) is 1.53. The molecule has 0 bridgehead atoms. The van der Waals surface area contributed by atoms with Crippen LogP contribution in [0, 0.1) is 0 Å². The van der Waals surface area contributed by atoms with E-state index in [0.29, 0.717) is 18.8 Å². The number of carbonyl (C=O) groups is 2. The van der Waals surface area contributed by atoms with E-state index in [1.165, 1.54) is 0 Å². The Morgan fingerprint density at radius 1 is 1.25 bits per heavy atom. The van der Waals surface area contributed by atoms with Crippen LogP contribution in [-0.2, 0) is 25.1 Å². The van der Waals surface area contributed by atoms with E-state index in [4.69, 9.17) is 4.74 Å². The van der Waals surface area contributed by atoms with Crippen LogP contribution in [0.25, 0.3) is 0 Å². The summed E-state index contributed by atoms with van der Waals surface area (Å²) in [6, 6.07) is 9.13. The predicted octanol–water partition coefficient (Wildman–Crippen LogP) is 1.25. The number of nitrogens with one attached hydrogen (secondary N) is 1. The Kier molecular flexibility index (Phi) is 7.57. The van der Waals surface area contributed by atoms with Crippen molar-refractivity contribution < 1.29 is 18.5 Å². The molecular formula is C14H19NO4S. The number of hydrogen-bond acceptors (Lipinski definition) is 4. The molecule has 0 fully saturated rings. The summed E-state index contributed by atoms with van der Waals surface area (Å²) in [7, 11) is -1.09. The molecule has 5 nitrogen and oxygen atoms in total. The summed E-state index contributed by atoms with van der Waals surface area (Å²) in [6.45, 7) is 1.89. The van der Waals surface area contributed by atoms with E-state index in [1.54, 1.807) is 19.1 Å². The van der Waals surface area contributed by atoms with Crippen molar-refractivity contribution in [2.24, 2.45) is 0 Å². The second-order valence-electron chi connectivity index (χ2n) is 4.05. The minimum atomic E-state index is -1.09. The van der Waals surface area contributed by atoms with Crippen molar-refractivity contribution in [3.8, 4) is 0 Å². The van der Waals surface area contributed by atoms with Crippen molar-refractivity contribution in [1.82, 2.24) is 5.32 Å². The predicted molar refractivity (Wildman–Crippen MR) is 76.6 cm³/mol. The van der Waals surface area contributed by atoms with Gasteiger partial charge in [-0.3, -0.25) is 13.8 Å². The zero-order valence-electron chi connectivity index (χ0n) is 11.5. The highest BCUT2D eigenvalue weighted by Crippen LogP contribution is 2.07. The van der Waals surface area contributed by atoms with Gasteiger partial charge in [0.1, 0.15) is 6.54 Å². The second kappa shape index (κ2) is 9.25. The minimum Gasteiger partial charge on any atom is -0.465 e. The lowest BCUT2D eigenvalue weighted by molar-refractivity contribution is -0.143. The topological polar surface area (TPSA) is 72.5 Å². The van der Waals surface area contributed by atoms with E-state index in [2.05, 4.69) is 5.32 Å². The fraction of sp³-hybridized carbons (Fsp3) is 0.429. The summed E-state index contributed by atoms with van der Waals surface area (Å²) in [4.78, 5) is 23.2. The molecule has 0 aliphatic rings. The number of amides is 1. The Morgan fingerprint density at radius 2 is 1.95 bits per heavy atom. The first kappa shape index (κ1) is 16.4. The largest absolute Gasteiger partial charge is 0.465 e. The van der Waals surface area contributed by atoms with Gasteiger partial charge in [-0.1, -0.05) is 18.2 Å². The molecule has 1 N–H and O–H groups in total. The Bertz CT molecular complexity index is 462. The lowest BCUT2D eigenvalue weighted by Crippen LogP contribution is -2.30. The van der Waals surface area contributed by atoms with E-state index < -0.39 is 16.8 Å². The molecule has 0 heterocycles. The number of rotatable bonds is 8. The van der Waals surface area contributed by atoms with Crippen LogP contribution in [0.2, 0.25) is 0 Å². The first-order valence-electron chi connectivity index (χ1n) is 6.49. The fourth-order valence-corrected chi connectivity index (χ4v) is 2.63. The van der Waals surface area contributed by atoms with Crippen molar-refractivity contribution in [3.63, 3.8) is 0 Å². The molecule has 1 amide bonds. The van der Waals surface area contributed by atoms with Gasteiger partial charge in [-0.05, 0) is 25.5 Å². The van der Waals surface area contributed by atoms with E-state index in [9.17, 15) is 13.8 Å². The minimum absolute atomic E-state index is 0.117. The monoisotopic (exact) mass is 297 g/mol. The molecular weight excluding hydrogens is 278 g/mol. The highest BCUT2D eigenvalue weighted by Gasteiger charge is 2.08. The van der Waals surface area contributed by atoms with Gasteiger partial charge < -0.3 is 10.1 Å². The van der Waals surface area contributed by atoms with Crippen LogP contribution in [0.3, 0.4) is 0 Å². The highest BCUT2D eigenvalue weighted by molar-refractivity contribution is 7.85. The summed E-state index contributed by atoms with van der Waals surface area (Å²) in [6.07, 6.45) is 0.758. The van der Waals surface area contributed by atoms with Gasteiger partial charge in [0.15, 0.2) is 0 Å². The molecule has 0 aliphatic carbocycles. The molecule has 0 spiro atoms. The van der Waals surface area contributed by atoms with E-state index in [1.807, 2.05) is 18.2 Å². The van der Waals surface area contributed by atoms with E-state index >= 15 is 0 Å². The van der Waals surface area contributed by atoms with Crippen LogP contribution in [0.5, 0.6) is 0 Å². The third-order valence-corrected chi connectivity index (χ3v) is 3.93. The summed E-state index contributed by atoms with van der Waals surface area (Å²) < 4.78 is 16.6. The molecule has 1 aromatic rings. The summed E-state index contributed by atoms with van der Waals surface area (Å²) >= 11 is 0. The van der Waals surface area contributed by atoms with Crippen molar-refractivity contribution in [2.75, 3.05) is 18.9 Å². The van der Waals surface area contributed by atoms with Crippen molar-refractivity contribution in [1.29, 1.82) is 0 Å². The lowest BCUT2D eigenvalue weighted by Gasteiger charge is -2.05. The second-order valence-corrected chi connectivity index (χ2v) is 5.62. The first-order chi connectivity index (χ1) is 9.63. The maximum Gasteiger partial charge on any atom is 0.325 e. The molecule has 1 atom stereocenters. The van der Waals surface area contributed by atoms with Gasteiger partial charge in [0.05, 0.1) is 17.4 Å². The molecule has 0 saturated carbocycles. The molecule has 0 aliphatic heterocycles. The maximum absolute atomic E-state index is 11.9. The SMILES string of the molecule is CCOC(=O)CNC(=O)CCCS(=O)c1ccccc1. The van der Waals surface area contributed by atoms with E-state index in [0.717, 1.165) is 4.90 Å². The van der Waals surface area contributed by atoms with Crippen LogP contribution >= 0.6 is 0 Å². The Labute approximate surface area is 121 Å². The molecule has 0 saturated heterocycles. The Hall–Kier alpha value is -1.69. The van der Waals surface area contributed by atoms with Crippen molar-refractivity contribution in [2.45, 2.75) is 24.7 Å². The molecule has 0 radical (unpaired) electrons. The van der Waals surface area contributed by atoms with Gasteiger partial charge in [0.2, 0.25) is 5.91 Å². The highest BCUT2D eigenvalue weighted by atomic mass is 32.2. The Balaban J connectivity index is 2.19. The first-order valence-corrected chi connectivity index (χ1v) is 7.81. The quantitative estimate of drug-likeness (QED) is 0.733. The zero-order chi connectivity index (χ0) is 14.8. The van der Waals surface area contributed by atoms with Crippen molar-refractivity contribution >= 4 is 22.7 Å². The molecule has 0 aromatic heterocycles. The molecule has 6 heteroatoms. The third kappa shape index (κ3) is 6.47. The van der Waals surface area contributed by atoms with Gasteiger partial charge in [-0.25, -0.2) is 0 Å². The smallest absolute Gasteiger partial charge is 0.325 e. The van der Waals surface area contributed by atoms with Crippen LogP contribution in [0.15, 0.2) is 35.2 Å². The van der Waals surface area contributed by atoms with Gasteiger partial charge in [0.25, 0.3) is 0 Å². The van der Waals surface area contributed by atoms with Crippen LogP contribution < -0.4 is 5.32 Å². The van der Waals surface area contributed by atoms with E-state index in [-0.39, 0.29) is 18.9 Å². The van der Waals surface area contributed by atoms with Crippen molar-refractivity contribution in [3.05, 3.63) is 30.3 Å². The number of hydrogen-bond donors (Lipinski definition) is 1. The normalized spacial score (nSPS) is 11.7. The van der Waals surface area contributed by atoms with Gasteiger partial charge in [0, 0.05) is 17.1 Å². The number of carbonyl (C=O) groups excluding carboxylic acids is 2. The standard InChI is InChI=1S/C14H19NO4S/c1-2-19-14(17)11-15-13(16)9-6-10-20(18)12-7-4-3-5-8-12/h3-5,7-8H,2,6,9-11H2,1H3,(H,15,16). The molecule has 1 unspecified atom stereocenters. The van der Waals surface area contributed by atoms with Crippen LogP contribution in [-0.4, -0.2) is 35.0 Å². The lowest BCUT2D eigenvalue weighted by atomic mass is 10.3. The summed E-state index contributed by atoms with van der Waals surface area (Å²) in [5, 5.41) is 2.47. The molecule has 110 valence electrons. The molecule has 20 heavy (non-hydrogen) atoms. The van der Waals surface area contributed by atoms with Gasteiger partial charge >= 0.3 is 5.97 Å². The molecule has 1 aromatic carbocycles. The molecule has 1 rings (SSSR count). The number of ether oxygens (including phenoxy) is 1. The average molecular weight is 297 g/mol. The van der Waals surface area contributed by atoms with Gasteiger partial charge in [-0.15, -0.1) is 0 Å². The number of esters is 1. The van der Waals surface area contributed by atoms with Gasteiger partial charge in [-0.2, -0.15) is 0 Å². The average Bonchev–Trinajstić information content (AvgIpc) is 2.46.